The molecule has 0 bridgehead atoms. The first-order valence-corrected chi connectivity index (χ1v) is 7.89. The number of aromatic nitrogens is 3. The standard InChI is InChI=1S/C17H15ClF2N4O/c1-9-3-5-11(6-4-9)17-24-12(8-25-17)7-21-16-13(18)14(15(19)20)22-10(2)23-16/h3-6,8,15H,7H2,1-2H3,(H,21,22,23). The molecule has 0 aliphatic heterocycles. The third-order valence-electron chi connectivity index (χ3n) is 3.48. The van der Waals surface area contributed by atoms with Crippen LogP contribution >= 0.6 is 11.6 Å². The van der Waals surface area contributed by atoms with E-state index in [0.717, 1.165) is 11.1 Å². The molecule has 2 aromatic heterocycles. The number of benzene rings is 1. The summed E-state index contributed by atoms with van der Waals surface area (Å²) in [6.07, 6.45) is -1.27. The molecule has 0 radical (unpaired) electrons. The fourth-order valence-corrected chi connectivity index (χ4v) is 2.47. The molecule has 3 aromatic rings. The molecular formula is C17H15ClF2N4O. The van der Waals surface area contributed by atoms with Crippen molar-refractivity contribution < 1.29 is 13.2 Å². The summed E-state index contributed by atoms with van der Waals surface area (Å²) in [4.78, 5) is 12.1. The second-order valence-electron chi connectivity index (χ2n) is 5.48. The Morgan fingerprint density at radius 2 is 1.84 bits per heavy atom. The minimum atomic E-state index is -2.77. The molecule has 3 rings (SSSR count). The van der Waals surface area contributed by atoms with Crippen molar-refractivity contribution in [3.05, 3.63) is 58.3 Å². The molecule has 1 aromatic carbocycles. The number of anilines is 1. The summed E-state index contributed by atoms with van der Waals surface area (Å²) in [5.41, 5.74) is 2.10. The van der Waals surface area contributed by atoms with Crippen LogP contribution in [0.1, 0.15) is 29.2 Å². The van der Waals surface area contributed by atoms with Crippen LogP contribution in [-0.2, 0) is 6.54 Å². The summed E-state index contributed by atoms with van der Waals surface area (Å²) in [5.74, 6) is 0.835. The molecule has 0 aliphatic rings. The zero-order valence-electron chi connectivity index (χ0n) is 13.6. The predicted molar refractivity (Wildman–Crippen MR) is 90.7 cm³/mol. The highest BCUT2D eigenvalue weighted by Crippen LogP contribution is 2.30. The highest BCUT2D eigenvalue weighted by Gasteiger charge is 2.19. The number of alkyl halides is 2. The van der Waals surface area contributed by atoms with Gasteiger partial charge in [-0.05, 0) is 26.0 Å². The molecule has 1 N–H and O–H groups in total. The molecule has 0 unspecified atom stereocenters. The molecule has 130 valence electrons. The summed E-state index contributed by atoms with van der Waals surface area (Å²) in [6.45, 7) is 3.75. The Kier molecular flexibility index (Phi) is 4.94. The normalized spacial score (nSPS) is 11.1. The van der Waals surface area contributed by atoms with Crippen LogP contribution in [0.15, 0.2) is 34.9 Å². The SMILES string of the molecule is Cc1ccc(-c2nc(CNc3nc(C)nc(C(F)F)c3Cl)co2)cc1. The second-order valence-corrected chi connectivity index (χ2v) is 5.86. The first-order valence-electron chi connectivity index (χ1n) is 7.51. The van der Waals surface area contributed by atoms with Crippen LogP contribution in [0.4, 0.5) is 14.6 Å². The zero-order valence-corrected chi connectivity index (χ0v) is 14.3. The average molecular weight is 365 g/mol. The van der Waals surface area contributed by atoms with Crippen LogP contribution in [-0.4, -0.2) is 15.0 Å². The van der Waals surface area contributed by atoms with Gasteiger partial charge in [0.05, 0.1) is 12.2 Å². The summed E-state index contributed by atoms with van der Waals surface area (Å²) >= 11 is 5.95. The Morgan fingerprint density at radius 3 is 2.52 bits per heavy atom. The summed E-state index contributed by atoms with van der Waals surface area (Å²) < 4.78 is 31.3. The van der Waals surface area contributed by atoms with Crippen LogP contribution in [0, 0.1) is 13.8 Å². The van der Waals surface area contributed by atoms with E-state index in [9.17, 15) is 8.78 Å². The van der Waals surface area contributed by atoms with Gasteiger partial charge in [-0.15, -0.1) is 0 Å². The van der Waals surface area contributed by atoms with E-state index in [-0.39, 0.29) is 23.2 Å². The lowest BCUT2D eigenvalue weighted by atomic mass is 10.1. The van der Waals surface area contributed by atoms with Gasteiger partial charge in [0.1, 0.15) is 28.6 Å². The Bertz CT molecular complexity index is 881. The van der Waals surface area contributed by atoms with Crippen molar-refractivity contribution in [1.29, 1.82) is 0 Å². The molecule has 0 amide bonds. The van der Waals surface area contributed by atoms with E-state index in [1.165, 1.54) is 13.2 Å². The van der Waals surface area contributed by atoms with Gasteiger partial charge < -0.3 is 9.73 Å². The molecule has 8 heteroatoms. The molecule has 0 aliphatic carbocycles. The molecule has 25 heavy (non-hydrogen) atoms. The van der Waals surface area contributed by atoms with E-state index in [2.05, 4.69) is 20.3 Å². The van der Waals surface area contributed by atoms with Crippen LogP contribution in [0.2, 0.25) is 5.02 Å². The maximum absolute atomic E-state index is 12.9. The minimum Gasteiger partial charge on any atom is -0.444 e. The van der Waals surface area contributed by atoms with Gasteiger partial charge in [-0.3, -0.25) is 0 Å². The number of hydrogen-bond acceptors (Lipinski definition) is 5. The number of oxazole rings is 1. The van der Waals surface area contributed by atoms with E-state index in [4.69, 9.17) is 16.0 Å². The Labute approximate surface area is 148 Å². The summed E-state index contributed by atoms with van der Waals surface area (Å²) in [6, 6.07) is 7.76. The van der Waals surface area contributed by atoms with Crippen molar-refractivity contribution in [2.45, 2.75) is 26.8 Å². The van der Waals surface area contributed by atoms with Crippen molar-refractivity contribution >= 4 is 17.4 Å². The number of nitrogens with one attached hydrogen (secondary N) is 1. The monoisotopic (exact) mass is 364 g/mol. The molecule has 0 atom stereocenters. The number of hydrogen-bond donors (Lipinski definition) is 1. The number of nitrogens with zero attached hydrogens (tertiary/aromatic N) is 3. The smallest absolute Gasteiger partial charge is 0.282 e. The Balaban J connectivity index is 1.76. The van der Waals surface area contributed by atoms with Crippen molar-refractivity contribution in [2.24, 2.45) is 0 Å². The molecule has 5 nitrogen and oxygen atoms in total. The van der Waals surface area contributed by atoms with Gasteiger partial charge in [-0.1, -0.05) is 29.3 Å². The van der Waals surface area contributed by atoms with Gasteiger partial charge in [0.2, 0.25) is 5.89 Å². The predicted octanol–water partition coefficient (Wildman–Crippen LogP) is 4.95. The van der Waals surface area contributed by atoms with Crippen molar-refractivity contribution in [1.82, 2.24) is 15.0 Å². The van der Waals surface area contributed by atoms with E-state index >= 15 is 0 Å². The van der Waals surface area contributed by atoms with E-state index in [0.29, 0.717) is 11.6 Å². The van der Waals surface area contributed by atoms with Crippen molar-refractivity contribution in [3.8, 4) is 11.5 Å². The average Bonchev–Trinajstić information content (AvgIpc) is 3.04. The quantitative estimate of drug-likeness (QED) is 0.693. The molecule has 0 saturated heterocycles. The third-order valence-corrected chi connectivity index (χ3v) is 3.86. The van der Waals surface area contributed by atoms with Crippen molar-refractivity contribution in [2.75, 3.05) is 5.32 Å². The molecule has 0 fully saturated rings. The lowest BCUT2D eigenvalue weighted by Crippen LogP contribution is -2.07. The first-order chi connectivity index (χ1) is 11.9. The molecule has 0 spiro atoms. The van der Waals surface area contributed by atoms with Crippen LogP contribution in [0.3, 0.4) is 0 Å². The molecule has 0 saturated carbocycles. The molecule has 2 heterocycles. The van der Waals surface area contributed by atoms with Crippen LogP contribution in [0.5, 0.6) is 0 Å². The maximum Gasteiger partial charge on any atom is 0.282 e. The summed E-state index contributed by atoms with van der Waals surface area (Å²) in [7, 11) is 0. The highest BCUT2D eigenvalue weighted by molar-refractivity contribution is 6.33. The van der Waals surface area contributed by atoms with Gasteiger partial charge in [-0.2, -0.15) is 0 Å². The van der Waals surface area contributed by atoms with Crippen molar-refractivity contribution in [3.63, 3.8) is 0 Å². The molecular weight excluding hydrogens is 350 g/mol. The zero-order chi connectivity index (χ0) is 18.0. The largest absolute Gasteiger partial charge is 0.444 e. The highest BCUT2D eigenvalue weighted by atomic mass is 35.5. The van der Waals surface area contributed by atoms with E-state index < -0.39 is 12.1 Å². The van der Waals surface area contributed by atoms with E-state index in [1.807, 2.05) is 31.2 Å². The number of rotatable bonds is 5. The van der Waals surface area contributed by atoms with E-state index in [1.54, 1.807) is 0 Å². The third kappa shape index (κ3) is 3.93. The van der Waals surface area contributed by atoms with Gasteiger partial charge in [0.15, 0.2) is 0 Å². The van der Waals surface area contributed by atoms with Crippen LogP contribution < -0.4 is 5.32 Å². The second kappa shape index (κ2) is 7.14. The van der Waals surface area contributed by atoms with Gasteiger partial charge in [-0.25, -0.2) is 23.7 Å². The lowest BCUT2D eigenvalue weighted by molar-refractivity contribution is 0.146. The van der Waals surface area contributed by atoms with Gasteiger partial charge in [0, 0.05) is 5.56 Å². The van der Waals surface area contributed by atoms with Crippen LogP contribution in [0.25, 0.3) is 11.5 Å². The van der Waals surface area contributed by atoms with Gasteiger partial charge >= 0.3 is 0 Å². The number of aryl methyl sites for hydroxylation is 2. The first kappa shape index (κ1) is 17.3. The Hall–Kier alpha value is -2.54. The lowest BCUT2D eigenvalue weighted by Gasteiger charge is -2.10. The number of halogens is 3. The fourth-order valence-electron chi connectivity index (χ4n) is 2.23. The fraction of sp³-hybridized carbons (Fsp3) is 0.235. The summed E-state index contributed by atoms with van der Waals surface area (Å²) in [5, 5.41) is 2.71. The van der Waals surface area contributed by atoms with Gasteiger partial charge in [0.25, 0.3) is 6.43 Å². The maximum atomic E-state index is 12.9. The minimum absolute atomic E-state index is 0.143. The Morgan fingerprint density at radius 1 is 1.12 bits per heavy atom. The topological polar surface area (TPSA) is 63.8 Å².